The van der Waals surface area contributed by atoms with Crippen LogP contribution in [0.2, 0.25) is 5.02 Å². The lowest BCUT2D eigenvalue weighted by Gasteiger charge is -2.38. The van der Waals surface area contributed by atoms with E-state index in [9.17, 15) is 9.90 Å². The highest BCUT2D eigenvalue weighted by molar-refractivity contribution is 6.30. The van der Waals surface area contributed by atoms with Gasteiger partial charge in [-0.1, -0.05) is 23.7 Å². The van der Waals surface area contributed by atoms with E-state index >= 15 is 0 Å². The van der Waals surface area contributed by atoms with Gasteiger partial charge < -0.3 is 19.8 Å². The van der Waals surface area contributed by atoms with Crippen LogP contribution in [0, 0.1) is 0 Å². The molecule has 0 radical (unpaired) electrons. The molecule has 1 amide bonds. The normalized spacial score (nSPS) is 16.8. The van der Waals surface area contributed by atoms with Gasteiger partial charge in [0.1, 0.15) is 0 Å². The average molecular weight is 381 g/mol. The van der Waals surface area contributed by atoms with Crippen molar-refractivity contribution in [1.29, 1.82) is 0 Å². The summed E-state index contributed by atoms with van der Waals surface area (Å²) in [5, 5.41) is 20.1. The third-order valence-corrected chi connectivity index (χ3v) is 4.58. The number of halogens is 1. The SMILES string of the molecule is COc1nc2c(n1Cc1ccc(Cl)cc1)C(=O)N(CCCO)C(O)N2C. The van der Waals surface area contributed by atoms with Crippen molar-refractivity contribution in [3.8, 4) is 6.01 Å². The van der Waals surface area contributed by atoms with Gasteiger partial charge in [-0.3, -0.25) is 14.3 Å². The first-order chi connectivity index (χ1) is 12.5. The molecule has 9 heteroatoms. The molecule has 0 spiro atoms. The fraction of sp³-hybridized carbons (Fsp3) is 0.412. The van der Waals surface area contributed by atoms with Gasteiger partial charge in [-0.15, -0.1) is 0 Å². The summed E-state index contributed by atoms with van der Waals surface area (Å²) in [6.07, 6.45) is -0.779. The number of rotatable bonds is 6. The monoisotopic (exact) mass is 380 g/mol. The number of anilines is 1. The molecule has 1 atom stereocenters. The third-order valence-electron chi connectivity index (χ3n) is 4.33. The van der Waals surface area contributed by atoms with Gasteiger partial charge in [-0.05, 0) is 24.1 Å². The van der Waals surface area contributed by atoms with Crippen LogP contribution in [0.5, 0.6) is 6.01 Å². The van der Waals surface area contributed by atoms with Crippen molar-refractivity contribution in [2.24, 2.45) is 0 Å². The van der Waals surface area contributed by atoms with Crippen LogP contribution < -0.4 is 9.64 Å². The van der Waals surface area contributed by atoms with Crippen molar-refractivity contribution in [2.45, 2.75) is 19.3 Å². The Hall–Kier alpha value is -2.29. The fourth-order valence-electron chi connectivity index (χ4n) is 2.97. The molecule has 1 unspecified atom stereocenters. The summed E-state index contributed by atoms with van der Waals surface area (Å²) in [5.41, 5.74) is 1.26. The topological polar surface area (TPSA) is 91.1 Å². The molecular weight excluding hydrogens is 360 g/mol. The first-order valence-corrected chi connectivity index (χ1v) is 8.57. The highest BCUT2D eigenvalue weighted by Gasteiger charge is 2.39. The van der Waals surface area contributed by atoms with E-state index in [-0.39, 0.29) is 25.1 Å². The number of imidazole rings is 1. The Labute approximate surface area is 156 Å². The number of amides is 1. The van der Waals surface area contributed by atoms with Crippen LogP contribution >= 0.6 is 11.6 Å². The second-order valence-electron chi connectivity index (χ2n) is 6.02. The Morgan fingerprint density at radius 1 is 1.31 bits per heavy atom. The zero-order chi connectivity index (χ0) is 18.8. The molecule has 0 saturated heterocycles. The second-order valence-corrected chi connectivity index (χ2v) is 6.45. The maximum absolute atomic E-state index is 13.0. The van der Waals surface area contributed by atoms with E-state index < -0.39 is 6.35 Å². The van der Waals surface area contributed by atoms with Gasteiger partial charge in [-0.25, -0.2) is 0 Å². The van der Waals surface area contributed by atoms with Crippen LogP contribution in [0.15, 0.2) is 24.3 Å². The number of aliphatic hydroxyl groups excluding tert-OH is 2. The molecule has 2 aromatic rings. The molecule has 1 aromatic heterocycles. The summed E-state index contributed by atoms with van der Waals surface area (Å²) in [6, 6.07) is 7.56. The van der Waals surface area contributed by atoms with Gasteiger partial charge >= 0.3 is 0 Å². The van der Waals surface area contributed by atoms with Gasteiger partial charge in [0.25, 0.3) is 11.9 Å². The minimum atomic E-state index is -1.15. The van der Waals surface area contributed by atoms with Crippen molar-refractivity contribution >= 4 is 23.3 Å². The number of hydrogen-bond donors (Lipinski definition) is 2. The first-order valence-electron chi connectivity index (χ1n) is 8.19. The van der Waals surface area contributed by atoms with Gasteiger partial charge in [0, 0.05) is 25.2 Å². The molecule has 0 fully saturated rings. The van der Waals surface area contributed by atoms with Crippen molar-refractivity contribution in [3.05, 3.63) is 40.5 Å². The molecule has 2 heterocycles. The number of methoxy groups -OCH3 is 1. The number of nitrogens with zero attached hydrogens (tertiary/aromatic N) is 4. The summed E-state index contributed by atoms with van der Waals surface area (Å²) in [5.74, 6) is -0.00243. The van der Waals surface area contributed by atoms with E-state index in [1.165, 1.54) is 16.9 Å². The van der Waals surface area contributed by atoms with E-state index in [4.69, 9.17) is 21.4 Å². The second kappa shape index (κ2) is 7.53. The molecule has 0 bridgehead atoms. The zero-order valence-electron chi connectivity index (χ0n) is 14.6. The van der Waals surface area contributed by atoms with Crippen LogP contribution in [0.25, 0.3) is 0 Å². The van der Waals surface area contributed by atoms with Gasteiger partial charge in [0.05, 0.1) is 13.7 Å². The molecule has 1 aliphatic heterocycles. The molecule has 8 nitrogen and oxygen atoms in total. The average Bonchev–Trinajstić information content (AvgIpc) is 3.00. The summed E-state index contributed by atoms with van der Waals surface area (Å²) in [6.45, 7) is 0.529. The largest absolute Gasteiger partial charge is 0.468 e. The molecule has 26 heavy (non-hydrogen) atoms. The number of fused-ring (bicyclic) bond motifs is 1. The molecule has 3 rings (SSSR count). The minimum Gasteiger partial charge on any atom is -0.468 e. The van der Waals surface area contributed by atoms with Crippen LogP contribution in [0.4, 0.5) is 5.82 Å². The van der Waals surface area contributed by atoms with Crippen LogP contribution in [-0.2, 0) is 6.54 Å². The third kappa shape index (κ3) is 3.23. The standard InChI is InChI=1S/C17H21ClN4O4/c1-20-14-13(15(24)21(17(20)25)8-3-9-23)22(16(19-14)26-2)10-11-4-6-12(18)7-5-11/h4-7,17,23,25H,3,8-10H2,1-2H3. The number of aliphatic hydroxyl groups is 2. The summed E-state index contributed by atoms with van der Waals surface area (Å²) >= 11 is 5.93. The zero-order valence-corrected chi connectivity index (χ0v) is 15.3. The summed E-state index contributed by atoms with van der Waals surface area (Å²) in [4.78, 5) is 20.2. The van der Waals surface area contributed by atoms with Gasteiger partial charge in [0.2, 0.25) is 6.35 Å². The Kier molecular flexibility index (Phi) is 5.36. The molecule has 140 valence electrons. The van der Waals surface area contributed by atoms with Gasteiger partial charge in [-0.2, -0.15) is 4.98 Å². The van der Waals surface area contributed by atoms with E-state index in [0.717, 1.165) is 5.56 Å². The maximum atomic E-state index is 13.0. The summed E-state index contributed by atoms with van der Waals surface area (Å²) in [7, 11) is 3.14. The number of ether oxygens (including phenoxy) is 1. The fourth-order valence-corrected chi connectivity index (χ4v) is 3.10. The van der Waals surface area contributed by atoms with Crippen LogP contribution in [0.1, 0.15) is 22.5 Å². The van der Waals surface area contributed by atoms with Crippen molar-refractivity contribution < 1.29 is 19.7 Å². The Morgan fingerprint density at radius 3 is 2.62 bits per heavy atom. The van der Waals surface area contributed by atoms with Crippen LogP contribution in [0.3, 0.4) is 0 Å². The van der Waals surface area contributed by atoms with Crippen molar-refractivity contribution in [1.82, 2.24) is 14.5 Å². The highest BCUT2D eigenvalue weighted by atomic mass is 35.5. The smallest absolute Gasteiger partial charge is 0.299 e. The Bertz CT molecular complexity index is 793. The van der Waals surface area contributed by atoms with Crippen LogP contribution in [-0.4, -0.2) is 64.2 Å². The minimum absolute atomic E-state index is 0.0690. The lowest BCUT2D eigenvalue weighted by Crippen LogP contribution is -2.54. The summed E-state index contributed by atoms with van der Waals surface area (Å²) < 4.78 is 7.02. The number of carbonyl (C=O) groups is 1. The maximum Gasteiger partial charge on any atom is 0.299 e. The predicted octanol–water partition coefficient (Wildman–Crippen LogP) is 1.14. The number of hydrogen-bond acceptors (Lipinski definition) is 6. The van der Waals surface area contributed by atoms with E-state index in [2.05, 4.69) is 4.98 Å². The Balaban J connectivity index is 2.03. The van der Waals surface area contributed by atoms with E-state index in [0.29, 0.717) is 29.5 Å². The molecule has 0 aliphatic carbocycles. The molecule has 0 saturated carbocycles. The lowest BCUT2D eigenvalue weighted by atomic mass is 10.2. The van der Waals surface area contributed by atoms with E-state index in [1.807, 2.05) is 12.1 Å². The van der Waals surface area contributed by atoms with Crippen molar-refractivity contribution in [3.63, 3.8) is 0 Å². The molecule has 1 aliphatic rings. The first kappa shape index (κ1) is 18.5. The van der Waals surface area contributed by atoms with Crippen molar-refractivity contribution in [2.75, 3.05) is 32.2 Å². The number of aromatic nitrogens is 2. The quantitative estimate of drug-likeness (QED) is 0.781. The Morgan fingerprint density at radius 2 is 2.00 bits per heavy atom. The lowest BCUT2D eigenvalue weighted by molar-refractivity contribution is 0.00112. The molecule has 2 N–H and O–H groups in total. The highest BCUT2D eigenvalue weighted by Crippen LogP contribution is 2.33. The van der Waals surface area contributed by atoms with E-state index in [1.54, 1.807) is 23.7 Å². The number of benzene rings is 1. The van der Waals surface area contributed by atoms with Gasteiger partial charge in [0.15, 0.2) is 11.5 Å². The molecular formula is C17H21ClN4O4. The predicted molar refractivity (Wildman–Crippen MR) is 96.5 cm³/mol. The number of carbonyl (C=O) groups excluding carboxylic acids is 1. The molecule has 1 aromatic carbocycles.